The molecule has 0 saturated carbocycles. The Hall–Kier alpha value is -2.51. The summed E-state index contributed by atoms with van der Waals surface area (Å²) in [7, 11) is -3.09. The van der Waals surface area contributed by atoms with E-state index in [-0.39, 0.29) is 17.6 Å². The van der Waals surface area contributed by atoms with E-state index >= 15 is 0 Å². The van der Waals surface area contributed by atoms with Crippen molar-refractivity contribution in [1.82, 2.24) is 0 Å². The third-order valence-electron chi connectivity index (χ3n) is 5.91. The normalized spacial score (nSPS) is 14.0. The van der Waals surface area contributed by atoms with E-state index in [0.717, 1.165) is 15.9 Å². The first kappa shape index (κ1) is 21.7. The number of benzene rings is 3. The van der Waals surface area contributed by atoms with Crippen molar-refractivity contribution in [2.24, 2.45) is 0 Å². The van der Waals surface area contributed by atoms with E-state index in [1.165, 1.54) is 11.1 Å². The fraction of sp³-hybridized carbons (Fsp3) is 0.333. The molecule has 0 saturated heterocycles. The van der Waals surface area contributed by atoms with Crippen molar-refractivity contribution < 1.29 is 14.0 Å². The van der Waals surface area contributed by atoms with Crippen LogP contribution >= 0.6 is 7.14 Å². The third-order valence-corrected chi connectivity index (χ3v) is 8.97. The minimum absolute atomic E-state index is 0.0373. The molecule has 4 heteroatoms. The SMILES string of the molecule is CC(C)(C)c1ccc(P(=O)(c2ccc(C(C)(C)C)cc2)c2ccc3c(c2)OCO3)cc1. The minimum Gasteiger partial charge on any atom is -0.454 e. The number of hydrogen-bond donors (Lipinski definition) is 0. The predicted molar refractivity (Wildman–Crippen MR) is 129 cm³/mol. The molecule has 0 atom stereocenters. The lowest BCUT2D eigenvalue weighted by Gasteiger charge is -2.24. The fourth-order valence-electron chi connectivity index (χ4n) is 3.87. The lowest BCUT2D eigenvalue weighted by molar-refractivity contribution is 0.174. The van der Waals surface area contributed by atoms with Gasteiger partial charge in [0.2, 0.25) is 6.79 Å². The van der Waals surface area contributed by atoms with Crippen molar-refractivity contribution in [3.63, 3.8) is 0 Å². The molecular formula is C27H31O3P. The van der Waals surface area contributed by atoms with Crippen LogP contribution in [0.3, 0.4) is 0 Å². The van der Waals surface area contributed by atoms with Gasteiger partial charge in [-0.15, -0.1) is 0 Å². The van der Waals surface area contributed by atoms with Crippen LogP contribution < -0.4 is 25.4 Å². The van der Waals surface area contributed by atoms with Gasteiger partial charge >= 0.3 is 0 Å². The van der Waals surface area contributed by atoms with E-state index in [4.69, 9.17) is 9.47 Å². The highest BCUT2D eigenvalue weighted by molar-refractivity contribution is 7.85. The van der Waals surface area contributed by atoms with Crippen molar-refractivity contribution in [1.29, 1.82) is 0 Å². The Morgan fingerprint density at radius 1 is 0.613 bits per heavy atom. The molecule has 0 N–H and O–H groups in total. The molecule has 1 aliphatic rings. The smallest absolute Gasteiger partial charge is 0.231 e. The van der Waals surface area contributed by atoms with Crippen LogP contribution in [-0.2, 0) is 15.4 Å². The summed E-state index contributed by atoms with van der Waals surface area (Å²) in [5.41, 5.74) is 2.51. The summed E-state index contributed by atoms with van der Waals surface area (Å²) >= 11 is 0. The molecule has 0 aromatic heterocycles. The Labute approximate surface area is 185 Å². The van der Waals surface area contributed by atoms with E-state index in [9.17, 15) is 4.57 Å². The Balaban J connectivity index is 1.88. The van der Waals surface area contributed by atoms with Gasteiger partial charge in [-0.3, -0.25) is 0 Å². The van der Waals surface area contributed by atoms with Crippen molar-refractivity contribution in [2.45, 2.75) is 52.4 Å². The van der Waals surface area contributed by atoms with Crippen LogP contribution in [0, 0.1) is 0 Å². The maximum Gasteiger partial charge on any atom is 0.231 e. The maximum absolute atomic E-state index is 14.8. The Morgan fingerprint density at radius 2 is 1.03 bits per heavy atom. The summed E-state index contributed by atoms with van der Waals surface area (Å²) in [6, 6.07) is 22.1. The summed E-state index contributed by atoms with van der Waals surface area (Å²) in [5, 5.41) is 2.40. The van der Waals surface area contributed by atoms with Crippen LogP contribution in [0.15, 0.2) is 66.7 Å². The monoisotopic (exact) mass is 434 g/mol. The number of rotatable bonds is 3. The van der Waals surface area contributed by atoms with Crippen LogP contribution in [0.2, 0.25) is 0 Å². The Kier molecular flexibility index (Phi) is 5.30. The van der Waals surface area contributed by atoms with Crippen molar-refractivity contribution in [2.75, 3.05) is 6.79 Å². The largest absolute Gasteiger partial charge is 0.454 e. The van der Waals surface area contributed by atoms with Gasteiger partial charge in [0.05, 0.1) is 0 Å². The molecule has 3 nitrogen and oxygen atoms in total. The first-order chi connectivity index (χ1) is 14.5. The fourth-order valence-corrected chi connectivity index (χ4v) is 6.49. The molecule has 3 aromatic carbocycles. The molecule has 1 aliphatic heterocycles. The quantitative estimate of drug-likeness (QED) is 0.500. The number of fused-ring (bicyclic) bond motifs is 1. The van der Waals surface area contributed by atoms with Crippen LogP contribution in [0.25, 0.3) is 0 Å². The van der Waals surface area contributed by atoms with Gasteiger partial charge in [-0.25, -0.2) is 0 Å². The summed E-state index contributed by atoms with van der Waals surface area (Å²) in [5.74, 6) is 1.34. The van der Waals surface area contributed by atoms with E-state index in [0.29, 0.717) is 11.5 Å². The second kappa shape index (κ2) is 7.57. The first-order valence-corrected chi connectivity index (χ1v) is 12.4. The Bertz CT molecular complexity index is 1070. The highest BCUT2D eigenvalue weighted by Gasteiger charge is 2.32. The van der Waals surface area contributed by atoms with Crippen LogP contribution in [0.4, 0.5) is 0 Å². The molecule has 162 valence electrons. The topological polar surface area (TPSA) is 35.5 Å². The molecule has 31 heavy (non-hydrogen) atoms. The van der Waals surface area contributed by atoms with Gasteiger partial charge in [-0.2, -0.15) is 0 Å². The van der Waals surface area contributed by atoms with Crippen LogP contribution in [0.5, 0.6) is 11.5 Å². The van der Waals surface area contributed by atoms with E-state index in [1.54, 1.807) is 0 Å². The van der Waals surface area contributed by atoms with Gasteiger partial charge in [0.25, 0.3) is 0 Å². The molecule has 3 aromatic rings. The van der Waals surface area contributed by atoms with Crippen LogP contribution in [0.1, 0.15) is 52.7 Å². The molecule has 0 fully saturated rings. The third kappa shape index (κ3) is 4.04. The van der Waals surface area contributed by atoms with Gasteiger partial charge in [-0.1, -0.05) is 90.1 Å². The summed E-state index contributed by atoms with van der Waals surface area (Å²) < 4.78 is 25.9. The molecule has 0 amide bonds. The molecule has 0 radical (unpaired) electrons. The zero-order valence-electron chi connectivity index (χ0n) is 19.2. The molecule has 1 heterocycles. The maximum atomic E-state index is 14.8. The van der Waals surface area contributed by atoms with E-state index < -0.39 is 7.14 Å². The second-order valence-corrected chi connectivity index (χ2v) is 13.0. The van der Waals surface area contributed by atoms with E-state index in [1.807, 2.05) is 42.5 Å². The molecule has 0 aliphatic carbocycles. The molecule has 0 unspecified atom stereocenters. The van der Waals surface area contributed by atoms with Gasteiger partial charge < -0.3 is 14.0 Å². The number of hydrogen-bond acceptors (Lipinski definition) is 3. The summed E-state index contributed by atoms with van der Waals surface area (Å²) in [6.07, 6.45) is 0. The van der Waals surface area contributed by atoms with Crippen LogP contribution in [-0.4, -0.2) is 6.79 Å². The molecule has 0 bridgehead atoms. The standard InChI is InChI=1S/C27H31O3P/c1-26(2,3)19-7-11-21(12-8-19)31(28,22-13-9-20(10-14-22)27(4,5)6)23-15-16-24-25(17-23)30-18-29-24/h7-17H,18H2,1-6H3. The zero-order valence-corrected chi connectivity index (χ0v) is 20.1. The van der Waals surface area contributed by atoms with Gasteiger partial charge in [0.15, 0.2) is 18.6 Å². The average molecular weight is 435 g/mol. The number of ether oxygens (including phenoxy) is 2. The average Bonchev–Trinajstić information content (AvgIpc) is 3.20. The molecule has 4 rings (SSSR count). The zero-order chi connectivity index (χ0) is 22.4. The van der Waals surface area contributed by atoms with Crippen molar-refractivity contribution in [3.8, 4) is 11.5 Å². The first-order valence-electron chi connectivity index (χ1n) is 10.7. The summed E-state index contributed by atoms with van der Waals surface area (Å²) in [6.45, 7) is 13.3. The van der Waals surface area contributed by atoms with Gasteiger partial charge in [-0.05, 0) is 40.2 Å². The van der Waals surface area contributed by atoms with Crippen molar-refractivity contribution in [3.05, 3.63) is 77.9 Å². The minimum atomic E-state index is -3.09. The lowest BCUT2D eigenvalue weighted by atomic mass is 9.87. The highest BCUT2D eigenvalue weighted by Crippen LogP contribution is 2.45. The van der Waals surface area contributed by atoms with Gasteiger partial charge in [0, 0.05) is 15.9 Å². The van der Waals surface area contributed by atoms with E-state index in [2.05, 4.69) is 65.8 Å². The highest BCUT2D eigenvalue weighted by atomic mass is 31.2. The molecular weight excluding hydrogens is 403 g/mol. The molecule has 0 spiro atoms. The lowest BCUT2D eigenvalue weighted by Crippen LogP contribution is -2.26. The predicted octanol–water partition coefficient (Wildman–Crippen LogP) is 5.65. The second-order valence-electron chi connectivity index (χ2n) is 10.2. The van der Waals surface area contributed by atoms with Gasteiger partial charge in [0.1, 0.15) is 0 Å². The van der Waals surface area contributed by atoms with Crippen molar-refractivity contribution >= 4 is 23.1 Å². The Morgan fingerprint density at radius 3 is 1.48 bits per heavy atom. The summed E-state index contributed by atoms with van der Waals surface area (Å²) in [4.78, 5) is 0.